The number of amides is 1. The van der Waals surface area contributed by atoms with E-state index in [1.807, 2.05) is 48.2 Å². The summed E-state index contributed by atoms with van der Waals surface area (Å²) in [5, 5.41) is 0. The van der Waals surface area contributed by atoms with Gasteiger partial charge in [0.1, 0.15) is 5.75 Å². The van der Waals surface area contributed by atoms with Crippen molar-refractivity contribution in [2.24, 2.45) is 0 Å². The number of nitrogens with two attached hydrogens (primary N) is 1. The van der Waals surface area contributed by atoms with Crippen molar-refractivity contribution in [1.29, 1.82) is 0 Å². The van der Waals surface area contributed by atoms with E-state index in [1.54, 1.807) is 13.2 Å². The summed E-state index contributed by atoms with van der Waals surface area (Å²) >= 11 is 0. The Morgan fingerprint density at radius 2 is 1.90 bits per heavy atom. The maximum atomic E-state index is 12.5. The lowest BCUT2D eigenvalue weighted by atomic mass is 10.1. The Labute approximate surface area is 124 Å². The molecule has 1 amide bonds. The molecule has 2 aromatic carbocycles. The van der Waals surface area contributed by atoms with Crippen molar-refractivity contribution in [1.82, 2.24) is 4.90 Å². The van der Waals surface area contributed by atoms with Crippen LogP contribution in [0.1, 0.15) is 34.5 Å². The second-order valence-corrected chi connectivity index (χ2v) is 5.30. The summed E-state index contributed by atoms with van der Waals surface area (Å²) in [6, 6.07) is 13.3. The third-order valence-electron chi connectivity index (χ3n) is 4.00. The molecule has 0 saturated heterocycles. The number of carbonyl (C=O) groups excluding carboxylic acids is 1. The smallest absolute Gasteiger partial charge is 0.255 e. The monoisotopic (exact) mass is 282 g/mol. The Balaban J connectivity index is 1.85. The zero-order valence-corrected chi connectivity index (χ0v) is 12.2. The number of fused-ring (bicyclic) bond motifs is 1. The zero-order chi connectivity index (χ0) is 15.0. The van der Waals surface area contributed by atoms with Crippen LogP contribution in [0.3, 0.4) is 0 Å². The van der Waals surface area contributed by atoms with E-state index in [0.29, 0.717) is 12.2 Å². The Kier molecular flexibility index (Phi) is 3.29. The van der Waals surface area contributed by atoms with E-state index in [9.17, 15) is 4.79 Å². The minimum absolute atomic E-state index is 0.0399. The van der Waals surface area contributed by atoms with Crippen LogP contribution in [0.5, 0.6) is 5.75 Å². The minimum atomic E-state index is 0.0399. The van der Waals surface area contributed by atoms with Crippen LogP contribution in [0.15, 0.2) is 42.5 Å². The van der Waals surface area contributed by atoms with Crippen molar-refractivity contribution < 1.29 is 9.53 Å². The fourth-order valence-corrected chi connectivity index (χ4v) is 2.76. The number of carbonyl (C=O) groups is 1. The quantitative estimate of drug-likeness (QED) is 0.880. The lowest BCUT2D eigenvalue weighted by Gasteiger charge is -2.22. The predicted octanol–water partition coefficient (Wildman–Crippen LogP) is 2.99. The molecule has 0 saturated carbocycles. The number of methoxy groups -OCH3 is 1. The van der Waals surface area contributed by atoms with Crippen LogP contribution >= 0.6 is 0 Å². The van der Waals surface area contributed by atoms with Gasteiger partial charge in [-0.3, -0.25) is 4.79 Å². The van der Waals surface area contributed by atoms with E-state index in [2.05, 4.69) is 0 Å². The molecule has 0 fully saturated rings. The van der Waals surface area contributed by atoms with Crippen molar-refractivity contribution in [2.45, 2.75) is 19.5 Å². The summed E-state index contributed by atoms with van der Waals surface area (Å²) in [4.78, 5) is 14.4. The highest BCUT2D eigenvalue weighted by molar-refractivity contribution is 5.99. The summed E-state index contributed by atoms with van der Waals surface area (Å²) in [5.41, 5.74) is 9.36. The number of nitrogen functional groups attached to an aromatic ring is 1. The summed E-state index contributed by atoms with van der Waals surface area (Å²) in [6.07, 6.45) is 0. The zero-order valence-electron chi connectivity index (χ0n) is 12.2. The van der Waals surface area contributed by atoms with Gasteiger partial charge in [-0.1, -0.05) is 12.1 Å². The molecule has 1 unspecified atom stereocenters. The summed E-state index contributed by atoms with van der Waals surface area (Å²) < 4.78 is 5.15. The van der Waals surface area contributed by atoms with Crippen molar-refractivity contribution >= 4 is 11.6 Å². The summed E-state index contributed by atoms with van der Waals surface area (Å²) in [5.74, 6) is 0.879. The molecule has 2 aromatic rings. The van der Waals surface area contributed by atoms with Crippen molar-refractivity contribution in [2.75, 3.05) is 12.8 Å². The number of ether oxygens (including phenoxy) is 1. The van der Waals surface area contributed by atoms with Gasteiger partial charge in [-0.25, -0.2) is 0 Å². The first kappa shape index (κ1) is 13.5. The molecule has 0 bridgehead atoms. The maximum absolute atomic E-state index is 12.5. The lowest BCUT2D eigenvalue weighted by molar-refractivity contribution is 0.0723. The summed E-state index contributed by atoms with van der Waals surface area (Å²) in [6.45, 7) is 2.62. The molecule has 1 heterocycles. The largest absolute Gasteiger partial charge is 0.497 e. The third kappa shape index (κ3) is 2.33. The fraction of sp³-hybridized carbons (Fsp3) is 0.235. The molecular weight excluding hydrogens is 264 g/mol. The molecule has 0 aliphatic carbocycles. The number of benzene rings is 2. The van der Waals surface area contributed by atoms with E-state index in [4.69, 9.17) is 10.5 Å². The first-order valence-corrected chi connectivity index (χ1v) is 6.93. The Bertz CT molecular complexity index is 680. The average Bonchev–Trinajstić information content (AvgIpc) is 2.73. The van der Waals surface area contributed by atoms with Crippen molar-refractivity contribution in [3.63, 3.8) is 0 Å². The molecule has 108 valence electrons. The molecule has 0 aromatic heterocycles. The number of hydrogen-bond acceptors (Lipinski definition) is 3. The molecule has 1 atom stereocenters. The molecule has 2 N–H and O–H groups in total. The van der Waals surface area contributed by atoms with E-state index >= 15 is 0 Å². The number of nitrogens with zero attached hydrogens (tertiary/aromatic N) is 1. The average molecular weight is 282 g/mol. The van der Waals surface area contributed by atoms with Gasteiger partial charge in [0.2, 0.25) is 0 Å². The van der Waals surface area contributed by atoms with Gasteiger partial charge < -0.3 is 15.4 Å². The molecule has 4 heteroatoms. The molecule has 4 nitrogen and oxygen atoms in total. The minimum Gasteiger partial charge on any atom is -0.497 e. The molecule has 21 heavy (non-hydrogen) atoms. The number of rotatable bonds is 3. The number of anilines is 1. The first-order valence-electron chi connectivity index (χ1n) is 6.93. The normalized spacial score (nSPS) is 17.0. The second-order valence-electron chi connectivity index (χ2n) is 5.30. The van der Waals surface area contributed by atoms with E-state index in [0.717, 1.165) is 22.4 Å². The standard InChI is InChI=1S/C17H18N2O2/c1-11-16-9-13(18)5-8-15(16)17(20)19(11)10-12-3-6-14(21-2)7-4-12/h3-9,11H,10,18H2,1-2H3. The highest BCUT2D eigenvalue weighted by Gasteiger charge is 2.33. The van der Waals surface area contributed by atoms with Gasteiger partial charge in [0.15, 0.2) is 0 Å². The van der Waals surface area contributed by atoms with E-state index < -0.39 is 0 Å². The molecule has 3 rings (SSSR count). The second kappa shape index (κ2) is 5.13. The van der Waals surface area contributed by atoms with Gasteiger partial charge in [0, 0.05) is 17.8 Å². The highest BCUT2D eigenvalue weighted by Crippen LogP contribution is 2.35. The molecule has 0 radical (unpaired) electrons. The van der Waals surface area contributed by atoms with Gasteiger partial charge in [-0.05, 0) is 48.4 Å². The van der Waals surface area contributed by atoms with Crippen LogP contribution in [0.4, 0.5) is 5.69 Å². The fourth-order valence-electron chi connectivity index (χ4n) is 2.76. The van der Waals surface area contributed by atoms with E-state index in [-0.39, 0.29) is 11.9 Å². The van der Waals surface area contributed by atoms with Crippen LogP contribution in [0.25, 0.3) is 0 Å². The molecule has 1 aliphatic rings. The Hall–Kier alpha value is -2.49. The van der Waals surface area contributed by atoms with Gasteiger partial charge in [0.05, 0.1) is 13.2 Å². The Morgan fingerprint density at radius 3 is 2.57 bits per heavy atom. The Morgan fingerprint density at radius 1 is 1.19 bits per heavy atom. The van der Waals surface area contributed by atoms with Crippen LogP contribution in [0.2, 0.25) is 0 Å². The van der Waals surface area contributed by atoms with E-state index in [1.165, 1.54) is 0 Å². The number of hydrogen-bond donors (Lipinski definition) is 1. The SMILES string of the molecule is COc1ccc(CN2C(=O)c3ccc(N)cc3C2C)cc1. The first-order chi connectivity index (χ1) is 10.1. The molecular formula is C17H18N2O2. The lowest BCUT2D eigenvalue weighted by Crippen LogP contribution is -2.26. The van der Waals surface area contributed by atoms with Crippen molar-refractivity contribution in [3.8, 4) is 5.75 Å². The van der Waals surface area contributed by atoms with Gasteiger partial charge in [-0.2, -0.15) is 0 Å². The predicted molar refractivity (Wildman–Crippen MR) is 82.1 cm³/mol. The topological polar surface area (TPSA) is 55.6 Å². The van der Waals surface area contributed by atoms with Crippen molar-refractivity contribution in [3.05, 3.63) is 59.2 Å². The van der Waals surface area contributed by atoms with Crippen LogP contribution in [-0.2, 0) is 6.54 Å². The van der Waals surface area contributed by atoms with Crippen LogP contribution < -0.4 is 10.5 Å². The molecule has 0 spiro atoms. The highest BCUT2D eigenvalue weighted by atomic mass is 16.5. The van der Waals surface area contributed by atoms with Gasteiger partial charge in [0.25, 0.3) is 5.91 Å². The van der Waals surface area contributed by atoms with Crippen LogP contribution in [0, 0.1) is 0 Å². The molecule has 1 aliphatic heterocycles. The summed E-state index contributed by atoms with van der Waals surface area (Å²) in [7, 11) is 1.64. The van der Waals surface area contributed by atoms with Gasteiger partial charge in [-0.15, -0.1) is 0 Å². The van der Waals surface area contributed by atoms with Gasteiger partial charge >= 0.3 is 0 Å². The third-order valence-corrected chi connectivity index (χ3v) is 4.00. The van der Waals surface area contributed by atoms with Crippen LogP contribution in [-0.4, -0.2) is 17.9 Å². The maximum Gasteiger partial charge on any atom is 0.255 e.